The molecular formula is C13H14Cl2N2O2. The van der Waals surface area contributed by atoms with Gasteiger partial charge in [-0.2, -0.15) is 0 Å². The van der Waals surface area contributed by atoms with Crippen LogP contribution in [0.15, 0.2) is 23.0 Å². The van der Waals surface area contributed by atoms with E-state index in [-0.39, 0.29) is 10.7 Å². The third kappa shape index (κ3) is 3.26. The van der Waals surface area contributed by atoms with Gasteiger partial charge < -0.3 is 9.30 Å². The zero-order valence-corrected chi connectivity index (χ0v) is 12.0. The van der Waals surface area contributed by atoms with Crippen LogP contribution in [0.1, 0.15) is 13.3 Å². The van der Waals surface area contributed by atoms with E-state index in [2.05, 4.69) is 4.98 Å². The molecule has 2 rings (SSSR count). The first kappa shape index (κ1) is 14.3. The Bertz CT molecular complexity index is 640. The molecule has 0 aliphatic rings. The Hall–Kier alpha value is -1.10. The Morgan fingerprint density at radius 2 is 2.11 bits per heavy atom. The Morgan fingerprint density at radius 1 is 1.32 bits per heavy atom. The van der Waals surface area contributed by atoms with Gasteiger partial charge in [0.1, 0.15) is 0 Å². The van der Waals surface area contributed by atoms with Crippen LogP contribution in [0.25, 0.3) is 11.0 Å². The Morgan fingerprint density at radius 3 is 2.84 bits per heavy atom. The number of nitrogens with zero attached hydrogens (tertiary/aromatic N) is 2. The van der Waals surface area contributed by atoms with Crippen LogP contribution in [0.2, 0.25) is 10.2 Å². The monoisotopic (exact) mass is 300 g/mol. The van der Waals surface area contributed by atoms with Gasteiger partial charge in [0.2, 0.25) is 0 Å². The van der Waals surface area contributed by atoms with Crippen LogP contribution >= 0.6 is 23.2 Å². The number of fused-ring (bicyclic) bond motifs is 1. The van der Waals surface area contributed by atoms with E-state index in [1.54, 1.807) is 22.8 Å². The largest absolute Gasteiger partial charge is 0.380 e. The summed E-state index contributed by atoms with van der Waals surface area (Å²) in [5.74, 6) is 0. The molecule has 0 amide bonds. The van der Waals surface area contributed by atoms with E-state index in [0.717, 1.165) is 6.42 Å². The van der Waals surface area contributed by atoms with E-state index in [1.807, 2.05) is 6.92 Å². The van der Waals surface area contributed by atoms with Gasteiger partial charge in [0.15, 0.2) is 5.15 Å². The third-order valence-electron chi connectivity index (χ3n) is 2.68. The Balaban J connectivity index is 2.41. The van der Waals surface area contributed by atoms with Gasteiger partial charge >= 0.3 is 0 Å². The quantitative estimate of drug-likeness (QED) is 0.797. The molecule has 4 nitrogen and oxygen atoms in total. The maximum atomic E-state index is 12.0. The molecule has 2 aromatic rings. The minimum absolute atomic E-state index is 0.0367. The van der Waals surface area contributed by atoms with Crippen LogP contribution in [-0.2, 0) is 11.3 Å². The topological polar surface area (TPSA) is 44.1 Å². The minimum atomic E-state index is -0.323. The van der Waals surface area contributed by atoms with Gasteiger partial charge in [-0.05, 0) is 24.6 Å². The highest BCUT2D eigenvalue weighted by Crippen LogP contribution is 2.18. The van der Waals surface area contributed by atoms with Crippen LogP contribution in [-0.4, -0.2) is 22.8 Å². The van der Waals surface area contributed by atoms with Crippen molar-refractivity contribution in [2.24, 2.45) is 0 Å². The van der Waals surface area contributed by atoms with Crippen LogP contribution in [0.5, 0.6) is 0 Å². The van der Waals surface area contributed by atoms with E-state index in [9.17, 15) is 4.79 Å². The summed E-state index contributed by atoms with van der Waals surface area (Å²) in [5, 5.41) is 0.518. The first-order chi connectivity index (χ1) is 9.13. The van der Waals surface area contributed by atoms with Gasteiger partial charge in [-0.1, -0.05) is 30.1 Å². The van der Waals surface area contributed by atoms with Crippen molar-refractivity contribution in [1.82, 2.24) is 9.55 Å². The molecule has 1 aromatic heterocycles. The average Bonchev–Trinajstić information content (AvgIpc) is 2.39. The van der Waals surface area contributed by atoms with Gasteiger partial charge in [-0.25, -0.2) is 4.98 Å². The number of hydrogen-bond donors (Lipinski definition) is 0. The highest BCUT2D eigenvalue weighted by atomic mass is 35.5. The van der Waals surface area contributed by atoms with Crippen molar-refractivity contribution >= 4 is 34.2 Å². The van der Waals surface area contributed by atoms with Gasteiger partial charge in [0.25, 0.3) is 5.56 Å². The molecule has 6 heteroatoms. The van der Waals surface area contributed by atoms with Crippen molar-refractivity contribution < 1.29 is 4.74 Å². The number of benzene rings is 1. The van der Waals surface area contributed by atoms with E-state index < -0.39 is 0 Å². The molecule has 0 bridgehead atoms. The van der Waals surface area contributed by atoms with Crippen LogP contribution in [0, 0.1) is 0 Å². The lowest BCUT2D eigenvalue weighted by atomic mass is 10.3. The molecule has 102 valence electrons. The predicted molar refractivity (Wildman–Crippen MR) is 77.1 cm³/mol. The molecule has 0 atom stereocenters. The first-order valence-electron chi connectivity index (χ1n) is 6.07. The summed E-state index contributed by atoms with van der Waals surface area (Å²) < 4.78 is 6.95. The molecule has 0 fully saturated rings. The fraction of sp³-hybridized carbons (Fsp3) is 0.385. The second-order valence-electron chi connectivity index (χ2n) is 4.10. The van der Waals surface area contributed by atoms with Crippen LogP contribution in [0.3, 0.4) is 0 Å². The van der Waals surface area contributed by atoms with Crippen LogP contribution in [0.4, 0.5) is 0 Å². The zero-order chi connectivity index (χ0) is 13.8. The third-order valence-corrected chi connectivity index (χ3v) is 3.16. The standard InChI is InChI=1S/C13H14Cl2N2O2/c1-2-6-19-7-5-17-11-8-9(14)3-4-10(11)16-12(15)13(17)18/h3-4,8H,2,5-7H2,1H3. The molecule has 0 saturated heterocycles. The molecule has 0 saturated carbocycles. The lowest BCUT2D eigenvalue weighted by Gasteiger charge is -2.10. The molecule has 0 N–H and O–H groups in total. The Labute approximate surface area is 120 Å². The summed E-state index contributed by atoms with van der Waals surface area (Å²) in [6, 6.07) is 5.17. The number of rotatable bonds is 5. The molecule has 0 spiro atoms. The minimum Gasteiger partial charge on any atom is -0.380 e. The summed E-state index contributed by atoms with van der Waals surface area (Å²) in [6.45, 7) is 3.59. The predicted octanol–water partition coefficient (Wildman–Crippen LogP) is 3.13. The summed E-state index contributed by atoms with van der Waals surface area (Å²) in [5.41, 5.74) is 0.989. The van der Waals surface area contributed by atoms with Crippen molar-refractivity contribution in [3.05, 3.63) is 38.7 Å². The van der Waals surface area contributed by atoms with E-state index in [0.29, 0.717) is 35.8 Å². The molecule has 0 aliphatic carbocycles. The highest BCUT2D eigenvalue weighted by Gasteiger charge is 2.09. The average molecular weight is 301 g/mol. The summed E-state index contributed by atoms with van der Waals surface area (Å²) in [6.07, 6.45) is 0.943. The van der Waals surface area contributed by atoms with Gasteiger partial charge in [0.05, 0.1) is 17.6 Å². The number of hydrogen-bond acceptors (Lipinski definition) is 3. The van der Waals surface area contributed by atoms with Crippen molar-refractivity contribution in [3.8, 4) is 0 Å². The van der Waals surface area contributed by atoms with Crippen molar-refractivity contribution in [3.63, 3.8) is 0 Å². The first-order valence-corrected chi connectivity index (χ1v) is 6.82. The summed E-state index contributed by atoms with van der Waals surface area (Å²) in [4.78, 5) is 16.1. The van der Waals surface area contributed by atoms with Gasteiger partial charge in [0, 0.05) is 18.2 Å². The Kier molecular flexibility index (Phi) is 4.80. The fourth-order valence-electron chi connectivity index (χ4n) is 1.81. The normalized spacial score (nSPS) is 11.1. The number of halogens is 2. The SMILES string of the molecule is CCCOCCn1c(=O)c(Cl)nc2ccc(Cl)cc21. The summed E-state index contributed by atoms with van der Waals surface area (Å²) >= 11 is 11.8. The van der Waals surface area contributed by atoms with E-state index in [4.69, 9.17) is 27.9 Å². The summed E-state index contributed by atoms with van der Waals surface area (Å²) in [7, 11) is 0. The molecule has 19 heavy (non-hydrogen) atoms. The second-order valence-corrected chi connectivity index (χ2v) is 4.90. The van der Waals surface area contributed by atoms with Crippen molar-refractivity contribution in [2.45, 2.75) is 19.9 Å². The van der Waals surface area contributed by atoms with E-state index >= 15 is 0 Å². The maximum Gasteiger partial charge on any atom is 0.288 e. The molecule has 0 radical (unpaired) electrons. The fourth-order valence-corrected chi connectivity index (χ4v) is 2.17. The number of aromatic nitrogens is 2. The van der Waals surface area contributed by atoms with Gasteiger partial charge in [-0.3, -0.25) is 4.79 Å². The molecular weight excluding hydrogens is 287 g/mol. The second kappa shape index (κ2) is 6.37. The lowest BCUT2D eigenvalue weighted by Crippen LogP contribution is -2.24. The van der Waals surface area contributed by atoms with Crippen molar-refractivity contribution in [1.29, 1.82) is 0 Å². The molecule has 0 aliphatic heterocycles. The number of ether oxygens (including phenoxy) is 1. The van der Waals surface area contributed by atoms with E-state index in [1.165, 1.54) is 0 Å². The molecule has 1 heterocycles. The molecule has 1 aromatic carbocycles. The maximum absolute atomic E-state index is 12.0. The lowest BCUT2D eigenvalue weighted by molar-refractivity contribution is 0.127. The highest BCUT2D eigenvalue weighted by molar-refractivity contribution is 6.31. The molecule has 0 unspecified atom stereocenters. The van der Waals surface area contributed by atoms with Crippen LogP contribution < -0.4 is 5.56 Å². The van der Waals surface area contributed by atoms with Crippen molar-refractivity contribution in [2.75, 3.05) is 13.2 Å². The van der Waals surface area contributed by atoms with Gasteiger partial charge in [-0.15, -0.1) is 0 Å². The zero-order valence-electron chi connectivity index (χ0n) is 10.5. The smallest absolute Gasteiger partial charge is 0.288 e.